The Morgan fingerprint density at radius 3 is 2.00 bits per heavy atom. The van der Waals surface area contributed by atoms with Crippen LogP contribution in [0.25, 0.3) is 0 Å². The van der Waals surface area contributed by atoms with Crippen molar-refractivity contribution in [2.75, 3.05) is 0 Å². The molecule has 2 rings (SSSR count). The maximum atomic E-state index is 11.5. The summed E-state index contributed by atoms with van der Waals surface area (Å²) in [7, 11) is 0. The molecule has 0 unspecified atom stereocenters. The highest BCUT2D eigenvalue weighted by atomic mass is 35.5. The second-order valence-electron chi connectivity index (χ2n) is 4.08. The maximum Gasteiger partial charge on any atom is 0.167 e. The molecule has 2 aliphatic carbocycles. The summed E-state index contributed by atoms with van der Waals surface area (Å²) < 4.78 is -1.59. The van der Waals surface area contributed by atoms with Crippen molar-refractivity contribution in [3.63, 3.8) is 0 Å². The van der Waals surface area contributed by atoms with E-state index in [1.807, 2.05) is 0 Å². The Hall–Kier alpha value is 1.15. The number of halogens is 6. The van der Waals surface area contributed by atoms with Crippen LogP contribution in [-0.2, 0) is 4.79 Å². The van der Waals surface area contributed by atoms with E-state index in [9.17, 15) is 4.79 Å². The number of hydrogen-bond donors (Lipinski definition) is 0. The fourth-order valence-corrected chi connectivity index (χ4v) is 5.15. The molecule has 0 radical (unpaired) electrons. The summed E-state index contributed by atoms with van der Waals surface area (Å²) in [6, 6.07) is 0. The smallest absolute Gasteiger partial charge is 0.167 e. The number of hydrogen-bond acceptors (Lipinski definition) is 1. The van der Waals surface area contributed by atoms with Crippen molar-refractivity contribution < 1.29 is 4.79 Å². The molecule has 0 saturated heterocycles. The van der Waals surface area contributed by atoms with Crippen LogP contribution >= 0.6 is 69.6 Å². The van der Waals surface area contributed by atoms with Gasteiger partial charge in [-0.05, 0) is 13.3 Å². The van der Waals surface area contributed by atoms with Gasteiger partial charge in [-0.1, -0.05) is 46.4 Å². The Labute approximate surface area is 123 Å². The third kappa shape index (κ3) is 1.21. The number of ketones is 1. The highest BCUT2D eigenvalue weighted by Gasteiger charge is 2.79. The first-order valence-corrected chi connectivity index (χ1v) is 6.69. The number of alkyl halides is 4. The molecule has 0 aromatic heterocycles. The van der Waals surface area contributed by atoms with E-state index in [0.29, 0.717) is 0 Å². The van der Waals surface area contributed by atoms with Gasteiger partial charge in [0.15, 0.2) is 4.33 Å². The van der Waals surface area contributed by atoms with Crippen molar-refractivity contribution in [1.29, 1.82) is 0 Å². The molecule has 16 heavy (non-hydrogen) atoms. The van der Waals surface area contributed by atoms with Crippen molar-refractivity contribution >= 4 is 75.4 Å². The SMILES string of the molecule is CC(=O)[C@H]1C[C@@]2(Cl)C(Cl)=C(Cl)[C@]1(Cl)C2(Cl)Cl. The average molecular weight is 343 g/mol. The lowest BCUT2D eigenvalue weighted by atomic mass is 9.89. The van der Waals surface area contributed by atoms with Crippen molar-refractivity contribution in [2.45, 2.75) is 27.4 Å². The molecule has 0 amide bonds. The molecule has 90 valence electrons. The lowest BCUT2D eigenvalue weighted by Crippen LogP contribution is -2.45. The molecular formula is C9H6Cl6O. The molecule has 2 aliphatic rings. The topological polar surface area (TPSA) is 17.1 Å². The monoisotopic (exact) mass is 340 g/mol. The summed E-state index contributed by atoms with van der Waals surface area (Å²) in [4.78, 5) is 8.83. The largest absolute Gasteiger partial charge is 0.300 e. The van der Waals surface area contributed by atoms with Gasteiger partial charge in [-0.3, -0.25) is 4.79 Å². The Morgan fingerprint density at radius 2 is 1.69 bits per heavy atom. The van der Waals surface area contributed by atoms with Crippen molar-refractivity contribution in [1.82, 2.24) is 0 Å². The molecule has 0 heterocycles. The lowest BCUT2D eigenvalue weighted by molar-refractivity contribution is -0.121. The fourth-order valence-electron chi connectivity index (χ4n) is 2.33. The minimum Gasteiger partial charge on any atom is -0.300 e. The van der Waals surface area contributed by atoms with E-state index in [1.165, 1.54) is 6.92 Å². The lowest BCUT2D eigenvalue weighted by Gasteiger charge is -2.32. The van der Waals surface area contributed by atoms with E-state index in [-0.39, 0.29) is 22.3 Å². The summed E-state index contributed by atoms with van der Waals surface area (Å²) in [6.07, 6.45) is 0.190. The molecule has 0 aliphatic heterocycles. The van der Waals surface area contributed by atoms with Crippen molar-refractivity contribution in [2.24, 2.45) is 5.92 Å². The summed E-state index contributed by atoms with van der Waals surface area (Å²) in [5.41, 5.74) is 0. The quantitative estimate of drug-likeness (QED) is 0.644. The molecule has 2 bridgehead atoms. The molecule has 0 aromatic carbocycles. The van der Waals surface area contributed by atoms with Crippen LogP contribution in [0.15, 0.2) is 10.1 Å². The Kier molecular flexibility index (Phi) is 3.04. The highest BCUT2D eigenvalue weighted by Crippen LogP contribution is 2.74. The highest BCUT2D eigenvalue weighted by molar-refractivity contribution is 6.66. The zero-order valence-electron chi connectivity index (χ0n) is 7.96. The number of fused-ring (bicyclic) bond motifs is 2. The van der Waals surface area contributed by atoms with Crippen LogP contribution in [-0.4, -0.2) is 19.9 Å². The van der Waals surface area contributed by atoms with Crippen LogP contribution < -0.4 is 0 Å². The molecule has 7 heteroatoms. The number of Topliss-reactive ketones (excluding diaryl/α,β-unsaturated/α-hetero) is 1. The van der Waals surface area contributed by atoms with Crippen molar-refractivity contribution in [3.05, 3.63) is 10.1 Å². The van der Waals surface area contributed by atoms with Crippen LogP contribution in [0, 0.1) is 5.92 Å². The molecule has 0 aromatic rings. The second-order valence-corrected chi connectivity index (χ2v) is 7.41. The van der Waals surface area contributed by atoms with Crippen LogP contribution in [0.2, 0.25) is 0 Å². The van der Waals surface area contributed by atoms with Gasteiger partial charge < -0.3 is 0 Å². The molecule has 3 atom stereocenters. The van der Waals surface area contributed by atoms with Gasteiger partial charge in [0.25, 0.3) is 0 Å². The Balaban J connectivity index is 2.69. The van der Waals surface area contributed by atoms with E-state index in [4.69, 9.17) is 69.6 Å². The number of rotatable bonds is 1. The molecule has 1 saturated carbocycles. The van der Waals surface area contributed by atoms with Gasteiger partial charge in [-0.2, -0.15) is 0 Å². The van der Waals surface area contributed by atoms with Crippen molar-refractivity contribution in [3.8, 4) is 0 Å². The first kappa shape index (κ1) is 13.6. The maximum absolute atomic E-state index is 11.5. The number of carbonyl (C=O) groups is 1. The standard InChI is InChI=1S/C9H6Cl6O/c1-3(16)4-2-7(12)5(10)6(11)8(4,13)9(7,14)15/h4H,2H2,1H3/t4-,7-,8+/m1/s1. The molecular weight excluding hydrogens is 337 g/mol. The van der Waals surface area contributed by atoms with Gasteiger partial charge in [0, 0.05) is 5.92 Å². The van der Waals surface area contributed by atoms with Gasteiger partial charge in [-0.25, -0.2) is 0 Å². The number of allylic oxidation sites excluding steroid dienone is 2. The third-order valence-corrected chi connectivity index (χ3v) is 7.55. The van der Waals surface area contributed by atoms with E-state index in [0.717, 1.165) is 0 Å². The summed E-state index contributed by atoms with van der Waals surface area (Å²) in [5.74, 6) is -0.790. The Bertz CT molecular complexity index is 416. The van der Waals surface area contributed by atoms with E-state index in [2.05, 4.69) is 0 Å². The fraction of sp³-hybridized carbons (Fsp3) is 0.667. The zero-order chi connectivity index (χ0) is 12.5. The summed E-state index contributed by atoms with van der Waals surface area (Å²) in [5, 5.41) is 0.204. The molecule has 1 fully saturated rings. The molecule has 0 N–H and O–H groups in total. The van der Waals surface area contributed by atoms with Gasteiger partial charge in [0.05, 0.1) is 10.1 Å². The molecule has 1 nitrogen and oxygen atoms in total. The minimum absolute atomic E-state index is 0.0716. The van der Waals surface area contributed by atoms with Crippen LogP contribution in [0.4, 0.5) is 0 Å². The van der Waals surface area contributed by atoms with Crippen LogP contribution in [0.1, 0.15) is 13.3 Å². The summed E-state index contributed by atoms with van der Waals surface area (Å²) >= 11 is 37.0. The first-order valence-electron chi connectivity index (χ1n) is 4.43. The van der Waals surface area contributed by atoms with Gasteiger partial charge in [0.1, 0.15) is 15.5 Å². The predicted octanol–water partition coefficient (Wildman–Crippen LogP) is 4.43. The molecule has 0 spiro atoms. The van der Waals surface area contributed by atoms with E-state index >= 15 is 0 Å². The van der Waals surface area contributed by atoms with Gasteiger partial charge >= 0.3 is 0 Å². The van der Waals surface area contributed by atoms with Gasteiger partial charge in [0.2, 0.25) is 0 Å². The normalized spacial score (nSPS) is 45.3. The van der Waals surface area contributed by atoms with Crippen LogP contribution in [0.5, 0.6) is 0 Å². The third-order valence-electron chi connectivity index (χ3n) is 3.27. The zero-order valence-corrected chi connectivity index (χ0v) is 12.5. The van der Waals surface area contributed by atoms with E-state index < -0.39 is 20.0 Å². The minimum atomic E-state index is -1.59. The number of carbonyl (C=O) groups excluding carboxylic acids is 1. The average Bonchev–Trinajstić information content (AvgIpc) is 2.39. The van der Waals surface area contributed by atoms with Crippen LogP contribution in [0.3, 0.4) is 0 Å². The Morgan fingerprint density at radius 1 is 1.19 bits per heavy atom. The van der Waals surface area contributed by atoms with Gasteiger partial charge in [-0.15, -0.1) is 23.2 Å². The first-order chi connectivity index (χ1) is 7.10. The summed E-state index contributed by atoms with van der Waals surface area (Å²) in [6.45, 7) is 1.40. The predicted molar refractivity (Wildman–Crippen MR) is 69.1 cm³/mol. The second kappa shape index (κ2) is 3.59. The van der Waals surface area contributed by atoms with E-state index in [1.54, 1.807) is 0 Å².